The van der Waals surface area contributed by atoms with Crippen molar-refractivity contribution in [1.82, 2.24) is 0 Å². The number of hydrogen-bond donors (Lipinski definition) is 1. The van der Waals surface area contributed by atoms with Crippen LogP contribution in [0.3, 0.4) is 0 Å². The summed E-state index contributed by atoms with van der Waals surface area (Å²) in [7, 11) is -2.18. The van der Waals surface area contributed by atoms with Crippen LogP contribution in [-0.4, -0.2) is 21.3 Å². The maximum Gasteiger partial charge on any atom is 0.246 e. The molecule has 0 saturated heterocycles. The van der Waals surface area contributed by atoms with E-state index in [1.165, 1.54) is 13.2 Å². The highest BCUT2D eigenvalue weighted by atomic mass is 79.9. The number of anilines is 1. The van der Waals surface area contributed by atoms with Crippen molar-refractivity contribution in [1.29, 1.82) is 5.26 Å². The van der Waals surface area contributed by atoms with Gasteiger partial charge in [-0.3, -0.25) is 4.72 Å². The Kier molecular flexibility index (Phi) is 4.80. The first-order valence-corrected chi connectivity index (χ1v) is 7.54. The highest BCUT2D eigenvalue weighted by Crippen LogP contribution is 2.34. The largest absolute Gasteiger partial charge is 0.495 e. The lowest BCUT2D eigenvalue weighted by atomic mass is 10.3. The molecule has 0 fully saturated rings. The molecule has 0 radical (unpaired) electrons. The van der Waals surface area contributed by atoms with Crippen molar-refractivity contribution < 1.29 is 13.2 Å². The third kappa shape index (κ3) is 3.87. The monoisotopic (exact) mass is 382 g/mol. The normalized spacial score (nSPS) is 10.7. The average Bonchev–Trinajstić information content (AvgIpc) is 2.21. The average molecular weight is 384 g/mol. The van der Waals surface area contributed by atoms with Crippen LogP contribution in [0.2, 0.25) is 0 Å². The maximum absolute atomic E-state index is 11.4. The Bertz CT molecular complexity index is 566. The summed E-state index contributed by atoms with van der Waals surface area (Å²) in [6, 6.07) is 4.75. The number of nitrogens with one attached hydrogen (secondary N) is 1. The van der Waals surface area contributed by atoms with Crippen LogP contribution in [0.5, 0.6) is 5.75 Å². The zero-order valence-corrected chi connectivity index (χ0v) is 12.7. The molecule has 1 N–H and O–H groups in total. The molecular weight excluding hydrogens is 376 g/mol. The highest BCUT2D eigenvalue weighted by Gasteiger charge is 2.14. The standard InChI is InChI=1S/C9H8Br2N2O3S/c1-16-9-5-8(6(10)4-7(9)11)13-17(14,15)3-2-12/h4-5,13H,3H2,1H3. The summed E-state index contributed by atoms with van der Waals surface area (Å²) in [4.78, 5) is 0. The van der Waals surface area contributed by atoms with E-state index in [1.807, 2.05) is 0 Å². The van der Waals surface area contributed by atoms with Gasteiger partial charge in [0, 0.05) is 10.5 Å². The van der Waals surface area contributed by atoms with Gasteiger partial charge in [-0.1, -0.05) is 0 Å². The van der Waals surface area contributed by atoms with Gasteiger partial charge < -0.3 is 4.74 Å². The molecular formula is C9H8Br2N2O3S. The Balaban J connectivity index is 3.12. The topological polar surface area (TPSA) is 79.2 Å². The molecule has 0 spiro atoms. The SMILES string of the molecule is COc1cc(NS(=O)(=O)CC#N)c(Br)cc1Br. The van der Waals surface area contributed by atoms with Gasteiger partial charge in [0.2, 0.25) is 10.0 Å². The predicted molar refractivity (Wildman–Crippen MR) is 71.4 cm³/mol. The lowest BCUT2D eigenvalue weighted by molar-refractivity contribution is 0.412. The molecule has 0 aliphatic heterocycles. The molecule has 1 rings (SSSR count). The molecule has 0 amide bonds. The number of nitrogens with zero attached hydrogens (tertiary/aromatic N) is 1. The second kappa shape index (κ2) is 5.71. The van der Waals surface area contributed by atoms with Gasteiger partial charge >= 0.3 is 0 Å². The van der Waals surface area contributed by atoms with Crippen LogP contribution in [0.15, 0.2) is 21.1 Å². The van der Waals surface area contributed by atoms with E-state index in [0.717, 1.165) is 0 Å². The van der Waals surface area contributed by atoms with Gasteiger partial charge in [0.15, 0.2) is 5.75 Å². The summed E-state index contributed by atoms with van der Waals surface area (Å²) in [5.74, 6) is -0.111. The van der Waals surface area contributed by atoms with E-state index in [0.29, 0.717) is 20.4 Å². The molecule has 0 bridgehead atoms. The van der Waals surface area contributed by atoms with Crippen molar-refractivity contribution in [2.45, 2.75) is 0 Å². The molecule has 1 aromatic rings. The summed E-state index contributed by atoms with van der Waals surface area (Å²) < 4.78 is 31.4. The quantitative estimate of drug-likeness (QED) is 0.866. The fourth-order valence-electron chi connectivity index (χ4n) is 1.05. The molecule has 0 heterocycles. The van der Waals surface area contributed by atoms with Gasteiger partial charge in [-0.15, -0.1) is 0 Å². The van der Waals surface area contributed by atoms with Gasteiger partial charge in [-0.05, 0) is 37.9 Å². The van der Waals surface area contributed by atoms with Gasteiger partial charge in [0.05, 0.1) is 23.3 Å². The third-order valence-electron chi connectivity index (χ3n) is 1.76. The third-order valence-corrected chi connectivity index (χ3v) is 4.08. The molecule has 8 heteroatoms. The summed E-state index contributed by atoms with van der Waals surface area (Å²) in [6.45, 7) is 0. The van der Waals surface area contributed by atoms with Crippen LogP contribution < -0.4 is 9.46 Å². The van der Waals surface area contributed by atoms with Gasteiger partial charge in [0.25, 0.3) is 0 Å². The second-order valence-electron chi connectivity index (χ2n) is 2.99. The Morgan fingerprint density at radius 1 is 1.41 bits per heavy atom. The predicted octanol–water partition coefficient (Wildman–Crippen LogP) is 2.49. The zero-order valence-electron chi connectivity index (χ0n) is 8.70. The Labute approximate surface area is 116 Å². The Morgan fingerprint density at radius 2 is 2.06 bits per heavy atom. The van der Waals surface area contributed by atoms with Crippen molar-refractivity contribution in [2.24, 2.45) is 0 Å². The minimum Gasteiger partial charge on any atom is -0.495 e. The zero-order chi connectivity index (χ0) is 13.1. The molecule has 0 unspecified atom stereocenters. The molecule has 17 heavy (non-hydrogen) atoms. The van der Waals surface area contributed by atoms with Crippen LogP contribution in [0.25, 0.3) is 0 Å². The summed E-state index contributed by atoms with van der Waals surface area (Å²) in [5.41, 5.74) is 0.320. The van der Waals surface area contributed by atoms with E-state index in [-0.39, 0.29) is 0 Å². The van der Waals surface area contributed by atoms with Crippen molar-refractivity contribution in [3.8, 4) is 11.8 Å². The van der Waals surface area contributed by atoms with Gasteiger partial charge in [0.1, 0.15) is 5.75 Å². The Hall–Kier alpha value is -0.780. The van der Waals surface area contributed by atoms with Crippen LogP contribution in [0, 0.1) is 11.3 Å². The van der Waals surface area contributed by atoms with E-state index in [9.17, 15) is 8.42 Å². The van der Waals surface area contributed by atoms with E-state index >= 15 is 0 Å². The number of benzene rings is 1. The minimum atomic E-state index is -3.66. The van der Waals surface area contributed by atoms with Crippen molar-refractivity contribution in [3.63, 3.8) is 0 Å². The molecule has 1 aromatic carbocycles. The van der Waals surface area contributed by atoms with E-state index in [2.05, 4.69) is 36.6 Å². The molecule has 0 saturated carbocycles. The first kappa shape index (κ1) is 14.3. The number of rotatable bonds is 4. The summed E-state index contributed by atoms with van der Waals surface area (Å²) in [5, 5.41) is 8.38. The highest BCUT2D eigenvalue weighted by molar-refractivity contribution is 9.11. The molecule has 5 nitrogen and oxygen atoms in total. The minimum absolute atomic E-state index is 0.320. The van der Waals surface area contributed by atoms with E-state index < -0.39 is 15.8 Å². The van der Waals surface area contributed by atoms with Crippen molar-refractivity contribution in [2.75, 3.05) is 17.6 Å². The number of methoxy groups -OCH3 is 1. The van der Waals surface area contributed by atoms with Crippen LogP contribution >= 0.6 is 31.9 Å². The molecule has 0 aliphatic rings. The molecule has 0 aromatic heterocycles. The molecule has 92 valence electrons. The Morgan fingerprint density at radius 3 is 2.59 bits per heavy atom. The molecule has 0 atom stereocenters. The van der Waals surface area contributed by atoms with Gasteiger partial charge in [-0.2, -0.15) is 5.26 Å². The summed E-state index contributed by atoms with van der Waals surface area (Å²) >= 11 is 6.49. The van der Waals surface area contributed by atoms with Crippen molar-refractivity contribution >= 4 is 47.6 Å². The first-order valence-electron chi connectivity index (χ1n) is 4.30. The fraction of sp³-hybridized carbons (Fsp3) is 0.222. The van der Waals surface area contributed by atoms with Gasteiger partial charge in [-0.25, -0.2) is 8.42 Å². The number of hydrogen-bond acceptors (Lipinski definition) is 4. The lowest BCUT2D eigenvalue weighted by Gasteiger charge is -2.10. The maximum atomic E-state index is 11.4. The first-order chi connectivity index (χ1) is 7.89. The number of sulfonamides is 1. The lowest BCUT2D eigenvalue weighted by Crippen LogP contribution is -2.15. The fourth-order valence-corrected chi connectivity index (χ4v) is 3.18. The summed E-state index contributed by atoms with van der Waals surface area (Å²) in [6.07, 6.45) is 0. The molecule has 0 aliphatic carbocycles. The van der Waals surface area contributed by atoms with Crippen molar-refractivity contribution in [3.05, 3.63) is 21.1 Å². The van der Waals surface area contributed by atoms with E-state index in [1.54, 1.807) is 12.1 Å². The number of nitriles is 1. The van der Waals surface area contributed by atoms with Crippen LogP contribution in [-0.2, 0) is 10.0 Å². The number of halogens is 2. The second-order valence-corrected chi connectivity index (χ2v) is 6.42. The number of ether oxygens (including phenoxy) is 1. The van der Waals surface area contributed by atoms with E-state index in [4.69, 9.17) is 10.00 Å². The smallest absolute Gasteiger partial charge is 0.246 e. The van der Waals surface area contributed by atoms with Crippen LogP contribution in [0.1, 0.15) is 0 Å². The van der Waals surface area contributed by atoms with Crippen LogP contribution in [0.4, 0.5) is 5.69 Å².